The molecule has 0 spiro atoms. The van der Waals surface area contributed by atoms with Gasteiger partial charge in [-0.05, 0) is 61.1 Å². The van der Waals surface area contributed by atoms with E-state index in [1.165, 1.54) is 6.20 Å². The molecule has 3 N–H and O–H groups in total. The molecule has 2 saturated heterocycles. The van der Waals surface area contributed by atoms with Gasteiger partial charge in [0.05, 0.1) is 12.5 Å². The first-order chi connectivity index (χ1) is 19.0. The molecule has 0 radical (unpaired) electrons. The van der Waals surface area contributed by atoms with Crippen molar-refractivity contribution in [1.82, 2.24) is 4.98 Å². The zero-order chi connectivity index (χ0) is 27.2. The highest BCUT2D eigenvalue weighted by molar-refractivity contribution is 6.09. The molecule has 2 aromatic rings. The van der Waals surface area contributed by atoms with E-state index in [9.17, 15) is 14.9 Å². The van der Waals surface area contributed by atoms with E-state index < -0.39 is 5.41 Å². The lowest BCUT2D eigenvalue weighted by molar-refractivity contribution is -0.123. The van der Waals surface area contributed by atoms with Gasteiger partial charge in [0.2, 0.25) is 11.8 Å². The average Bonchev–Trinajstić information content (AvgIpc) is 3.75. The molecule has 3 fully saturated rings. The van der Waals surface area contributed by atoms with E-state index in [1.54, 1.807) is 29.4 Å². The molecular weight excluding hydrogens is 492 g/mol. The van der Waals surface area contributed by atoms with Crippen molar-refractivity contribution in [2.24, 2.45) is 28.0 Å². The molecule has 1 saturated carbocycles. The van der Waals surface area contributed by atoms with Crippen LogP contribution in [0.25, 0.3) is 5.57 Å². The predicted molar refractivity (Wildman–Crippen MR) is 150 cm³/mol. The van der Waals surface area contributed by atoms with Crippen LogP contribution in [0, 0.1) is 28.6 Å². The van der Waals surface area contributed by atoms with Gasteiger partial charge in [0, 0.05) is 62.2 Å². The predicted octanol–water partition coefficient (Wildman–Crippen LogP) is 3.72. The number of rotatable bonds is 9. The maximum atomic E-state index is 13.1. The lowest BCUT2D eigenvalue weighted by Gasteiger charge is -2.21. The third kappa shape index (κ3) is 6.02. The summed E-state index contributed by atoms with van der Waals surface area (Å²) in [6.07, 6.45) is 9.49. The minimum Gasteiger partial charge on any atom is -0.404 e. The maximum absolute atomic E-state index is 13.1. The number of hydrogen-bond acceptors (Lipinski definition) is 7. The average molecular weight is 527 g/mol. The van der Waals surface area contributed by atoms with Crippen LogP contribution in [0.4, 0.5) is 11.5 Å². The Morgan fingerprint density at radius 2 is 2.08 bits per heavy atom. The molecule has 2 aliphatic heterocycles. The van der Waals surface area contributed by atoms with Crippen molar-refractivity contribution in [2.45, 2.75) is 38.5 Å². The summed E-state index contributed by atoms with van der Waals surface area (Å²) in [5.41, 5.74) is 8.14. The van der Waals surface area contributed by atoms with Crippen LogP contribution in [0.2, 0.25) is 0 Å². The van der Waals surface area contributed by atoms with E-state index in [-0.39, 0.29) is 24.2 Å². The van der Waals surface area contributed by atoms with Crippen molar-refractivity contribution in [1.29, 1.82) is 5.26 Å². The number of carbonyl (C=O) groups excluding carboxylic acids is 2. The molecule has 2 amide bonds. The van der Waals surface area contributed by atoms with Gasteiger partial charge in [-0.2, -0.15) is 5.26 Å². The van der Waals surface area contributed by atoms with Gasteiger partial charge in [-0.15, -0.1) is 0 Å². The molecule has 0 bridgehead atoms. The van der Waals surface area contributed by atoms with E-state index in [2.05, 4.69) is 21.4 Å². The second-order valence-electron chi connectivity index (χ2n) is 10.6. The van der Waals surface area contributed by atoms with Crippen LogP contribution in [-0.4, -0.2) is 49.3 Å². The largest absolute Gasteiger partial charge is 0.404 e. The summed E-state index contributed by atoms with van der Waals surface area (Å²) in [4.78, 5) is 36.5. The van der Waals surface area contributed by atoms with Gasteiger partial charge >= 0.3 is 0 Å². The standard InChI is InChI=1S/C30H34N6O3/c31-17-24(19-33-18-21-7-12-39-13-8-21)23-3-1-2-22(14-23)15-28(37)35-27-16-26(6-10-34-27)36-11-9-30(20-32,29(36)38)25-4-5-25/h1-3,6,10,14,16-17,19,21,25H,4-5,7-9,11-13,15,18,31H2,(H,34,35,37)/t30-/m1/s1. The van der Waals surface area contributed by atoms with Gasteiger partial charge in [-0.3, -0.25) is 14.6 Å². The third-order valence-electron chi connectivity index (χ3n) is 7.89. The van der Waals surface area contributed by atoms with Crippen molar-refractivity contribution >= 4 is 35.1 Å². The molecule has 5 rings (SSSR count). The van der Waals surface area contributed by atoms with Crippen LogP contribution >= 0.6 is 0 Å². The molecule has 1 atom stereocenters. The van der Waals surface area contributed by atoms with Gasteiger partial charge < -0.3 is 20.7 Å². The molecule has 1 aromatic carbocycles. The lowest BCUT2D eigenvalue weighted by Crippen LogP contribution is -2.35. The monoisotopic (exact) mass is 526 g/mol. The van der Waals surface area contributed by atoms with E-state index >= 15 is 0 Å². The Hall–Kier alpha value is -4.03. The van der Waals surface area contributed by atoms with Crippen molar-refractivity contribution in [3.05, 3.63) is 59.9 Å². The number of pyridine rings is 1. The smallest absolute Gasteiger partial charge is 0.247 e. The fourth-order valence-corrected chi connectivity index (χ4v) is 5.47. The number of carbonyl (C=O) groups is 2. The highest BCUT2D eigenvalue weighted by atomic mass is 16.5. The number of aromatic nitrogens is 1. The molecule has 3 heterocycles. The summed E-state index contributed by atoms with van der Waals surface area (Å²) in [7, 11) is 0. The Labute approximate surface area is 228 Å². The summed E-state index contributed by atoms with van der Waals surface area (Å²) in [6.45, 7) is 2.82. The molecule has 9 nitrogen and oxygen atoms in total. The van der Waals surface area contributed by atoms with Crippen LogP contribution in [0.5, 0.6) is 0 Å². The number of nitriles is 1. The highest BCUT2D eigenvalue weighted by Crippen LogP contribution is 2.51. The van der Waals surface area contributed by atoms with E-state index in [1.807, 2.05) is 24.3 Å². The molecule has 3 aliphatic rings. The molecule has 39 heavy (non-hydrogen) atoms. The maximum Gasteiger partial charge on any atom is 0.247 e. The Morgan fingerprint density at radius 3 is 2.82 bits per heavy atom. The SMILES string of the molecule is N#C[C@@]1(C2CC2)CCN(c2ccnc(NC(=O)Cc3cccc(C(C=NCC4CCOCC4)=CN)c3)c2)C1=O. The quantitative estimate of drug-likeness (QED) is 0.479. The third-order valence-corrected chi connectivity index (χ3v) is 7.89. The number of nitrogens with zero attached hydrogens (tertiary/aromatic N) is 4. The summed E-state index contributed by atoms with van der Waals surface area (Å²) in [5.74, 6) is 0.690. The van der Waals surface area contributed by atoms with Gasteiger partial charge in [0.1, 0.15) is 11.2 Å². The highest BCUT2D eigenvalue weighted by Gasteiger charge is 2.56. The molecule has 202 valence electrons. The number of anilines is 2. The topological polar surface area (TPSA) is 134 Å². The van der Waals surface area contributed by atoms with Crippen LogP contribution in [0.15, 0.2) is 53.8 Å². The zero-order valence-corrected chi connectivity index (χ0v) is 22.0. The van der Waals surface area contributed by atoms with Crippen LogP contribution in [0.3, 0.4) is 0 Å². The zero-order valence-electron chi connectivity index (χ0n) is 22.0. The Kier molecular flexibility index (Phi) is 8.03. The fraction of sp³-hybridized carbons (Fsp3) is 0.433. The van der Waals surface area contributed by atoms with Crippen LogP contribution < -0.4 is 16.0 Å². The minimum atomic E-state index is -0.913. The summed E-state index contributed by atoms with van der Waals surface area (Å²) >= 11 is 0. The van der Waals surface area contributed by atoms with Gasteiger partial charge in [-0.25, -0.2) is 4.98 Å². The summed E-state index contributed by atoms with van der Waals surface area (Å²) in [6, 6.07) is 13.4. The van der Waals surface area contributed by atoms with Gasteiger partial charge in [0.25, 0.3) is 0 Å². The molecule has 0 unspecified atom stereocenters. The number of aliphatic imine (C=N–C) groups is 1. The van der Waals surface area contributed by atoms with Crippen molar-refractivity contribution < 1.29 is 14.3 Å². The number of nitrogens with two attached hydrogens (primary N) is 1. The Balaban J connectivity index is 1.20. The van der Waals surface area contributed by atoms with Crippen LogP contribution in [0.1, 0.15) is 43.2 Å². The fourth-order valence-electron chi connectivity index (χ4n) is 5.47. The molecular formula is C30H34N6O3. The van der Waals surface area contributed by atoms with E-state index in [0.717, 1.165) is 62.1 Å². The Bertz CT molecular complexity index is 1320. The molecule has 1 aliphatic carbocycles. The Morgan fingerprint density at radius 1 is 1.26 bits per heavy atom. The first-order valence-corrected chi connectivity index (χ1v) is 13.6. The second-order valence-corrected chi connectivity index (χ2v) is 10.6. The first kappa shape index (κ1) is 26.6. The second kappa shape index (κ2) is 11.8. The lowest BCUT2D eigenvalue weighted by atomic mass is 9.83. The van der Waals surface area contributed by atoms with Crippen molar-refractivity contribution in [3.63, 3.8) is 0 Å². The summed E-state index contributed by atoms with van der Waals surface area (Å²) in [5, 5.41) is 12.6. The van der Waals surface area contributed by atoms with Crippen molar-refractivity contribution in [2.75, 3.05) is 36.5 Å². The molecule has 1 aromatic heterocycles. The number of benzene rings is 1. The van der Waals surface area contributed by atoms with Gasteiger partial charge in [-0.1, -0.05) is 24.3 Å². The van der Waals surface area contributed by atoms with Crippen molar-refractivity contribution in [3.8, 4) is 6.07 Å². The number of hydrogen-bond donors (Lipinski definition) is 2. The number of amides is 2. The minimum absolute atomic E-state index is 0.146. The molecule has 9 heteroatoms. The summed E-state index contributed by atoms with van der Waals surface area (Å²) < 4.78 is 5.41. The van der Waals surface area contributed by atoms with Crippen LogP contribution in [-0.2, 0) is 20.7 Å². The first-order valence-electron chi connectivity index (χ1n) is 13.6. The number of nitrogens with one attached hydrogen (secondary N) is 1. The number of ether oxygens (including phenoxy) is 1. The number of allylic oxidation sites excluding steroid dienone is 1. The van der Waals surface area contributed by atoms with Gasteiger partial charge in [0.15, 0.2) is 0 Å². The van der Waals surface area contributed by atoms with E-state index in [0.29, 0.717) is 30.4 Å². The van der Waals surface area contributed by atoms with E-state index in [4.69, 9.17) is 10.5 Å². The normalized spacial score (nSPS) is 22.3.